The van der Waals surface area contributed by atoms with E-state index in [1.165, 1.54) is 0 Å². The summed E-state index contributed by atoms with van der Waals surface area (Å²) in [6.07, 6.45) is -5.16. The second kappa shape index (κ2) is 8.34. The molecule has 0 spiro atoms. The van der Waals surface area contributed by atoms with Crippen LogP contribution in [0.1, 0.15) is 41.2 Å². The van der Waals surface area contributed by atoms with Gasteiger partial charge in [0.15, 0.2) is 6.61 Å². The first-order chi connectivity index (χ1) is 14.5. The standard InChI is InChI=1S/C23H25F3N2O3/c1-5-17-6-8-18(9-7-17)19-12-22(30,23(24,25)26)28(27-19)20(29)13-31-21-15(3)10-14(2)11-16(21)4/h6-11,30H,5,12-13H2,1-4H3/t22-/m1/s1. The zero-order chi connectivity index (χ0) is 23.0. The molecule has 1 aliphatic rings. The first-order valence-electron chi connectivity index (χ1n) is 9.96. The van der Waals surface area contributed by atoms with E-state index in [1.807, 2.05) is 26.0 Å². The summed E-state index contributed by atoms with van der Waals surface area (Å²) in [5, 5.41) is 14.4. The minimum atomic E-state index is -5.09. The van der Waals surface area contributed by atoms with Crippen molar-refractivity contribution in [3.63, 3.8) is 0 Å². The lowest BCUT2D eigenvalue weighted by molar-refractivity contribution is -0.302. The smallest absolute Gasteiger partial charge is 0.438 e. The number of ether oxygens (including phenoxy) is 1. The maximum Gasteiger partial charge on any atom is 0.438 e. The molecule has 0 bridgehead atoms. The van der Waals surface area contributed by atoms with Crippen LogP contribution in [-0.4, -0.2) is 40.2 Å². The fraction of sp³-hybridized carbons (Fsp3) is 0.391. The van der Waals surface area contributed by atoms with Gasteiger partial charge in [-0.25, -0.2) is 0 Å². The molecule has 0 radical (unpaired) electrons. The van der Waals surface area contributed by atoms with E-state index in [0.717, 1.165) is 28.7 Å². The average Bonchev–Trinajstić information content (AvgIpc) is 3.06. The van der Waals surface area contributed by atoms with Crippen molar-refractivity contribution in [1.29, 1.82) is 0 Å². The average molecular weight is 434 g/mol. The zero-order valence-electron chi connectivity index (χ0n) is 17.9. The molecule has 0 saturated carbocycles. The quantitative estimate of drug-likeness (QED) is 0.757. The van der Waals surface area contributed by atoms with Gasteiger partial charge >= 0.3 is 6.18 Å². The third-order valence-electron chi connectivity index (χ3n) is 5.32. The topological polar surface area (TPSA) is 62.1 Å². The third kappa shape index (κ3) is 4.44. The van der Waals surface area contributed by atoms with Crippen LogP contribution in [0.2, 0.25) is 0 Å². The molecule has 31 heavy (non-hydrogen) atoms. The van der Waals surface area contributed by atoms with Crippen LogP contribution in [0, 0.1) is 20.8 Å². The molecule has 1 aliphatic heterocycles. The number of rotatable bonds is 5. The molecule has 2 aromatic carbocycles. The lowest BCUT2D eigenvalue weighted by Gasteiger charge is -2.32. The number of carbonyl (C=O) groups is 1. The van der Waals surface area contributed by atoms with Crippen molar-refractivity contribution < 1.29 is 27.8 Å². The number of aryl methyl sites for hydroxylation is 4. The Hall–Kier alpha value is -2.87. The minimum Gasteiger partial charge on any atom is -0.483 e. The maximum absolute atomic E-state index is 13.7. The van der Waals surface area contributed by atoms with Crippen LogP contribution in [0.15, 0.2) is 41.5 Å². The first kappa shape index (κ1) is 22.8. The summed E-state index contributed by atoms with van der Waals surface area (Å²) in [4.78, 5) is 12.7. The molecule has 0 unspecified atom stereocenters. The summed E-state index contributed by atoms with van der Waals surface area (Å²) < 4.78 is 46.8. The SMILES string of the molecule is CCc1ccc(C2=NN(C(=O)COc3c(C)cc(C)cc3C)[C@](O)(C(F)(F)F)C2)cc1. The predicted molar refractivity (Wildman–Crippen MR) is 111 cm³/mol. The highest BCUT2D eigenvalue weighted by Gasteiger charge is 2.63. The number of hydrazone groups is 1. The minimum absolute atomic E-state index is 0.0153. The number of carbonyl (C=O) groups excluding carboxylic acids is 1. The van der Waals surface area contributed by atoms with Crippen LogP contribution in [0.3, 0.4) is 0 Å². The molecule has 1 atom stereocenters. The van der Waals surface area contributed by atoms with Crippen LogP contribution in [0.5, 0.6) is 5.75 Å². The molecule has 1 amide bonds. The lowest BCUT2D eigenvalue weighted by Crippen LogP contribution is -2.57. The predicted octanol–water partition coefficient (Wildman–Crippen LogP) is 4.44. The van der Waals surface area contributed by atoms with Crippen molar-refractivity contribution in [3.8, 4) is 5.75 Å². The van der Waals surface area contributed by atoms with Gasteiger partial charge in [0.1, 0.15) is 5.75 Å². The second-order valence-corrected chi connectivity index (χ2v) is 7.81. The molecule has 0 aliphatic carbocycles. The summed E-state index contributed by atoms with van der Waals surface area (Å²) >= 11 is 0. The van der Waals surface area contributed by atoms with Crippen LogP contribution < -0.4 is 4.74 Å². The van der Waals surface area contributed by atoms with Crippen molar-refractivity contribution >= 4 is 11.6 Å². The van der Waals surface area contributed by atoms with E-state index in [9.17, 15) is 23.1 Å². The highest BCUT2D eigenvalue weighted by atomic mass is 19.4. The summed E-state index contributed by atoms with van der Waals surface area (Å²) in [7, 11) is 0. The Labute approximate surface area is 179 Å². The summed E-state index contributed by atoms with van der Waals surface area (Å²) in [5.74, 6) is -0.660. The van der Waals surface area contributed by atoms with Crippen LogP contribution in [-0.2, 0) is 11.2 Å². The van der Waals surface area contributed by atoms with Gasteiger partial charge < -0.3 is 9.84 Å². The number of nitrogens with zero attached hydrogens (tertiary/aromatic N) is 2. The van der Waals surface area contributed by atoms with Crippen molar-refractivity contribution in [3.05, 3.63) is 64.2 Å². The zero-order valence-corrected chi connectivity index (χ0v) is 17.9. The molecule has 8 heteroatoms. The van der Waals surface area contributed by atoms with E-state index in [0.29, 0.717) is 11.3 Å². The summed E-state index contributed by atoms with van der Waals surface area (Å²) in [6.45, 7) is 6.76. The van der Waals surface area contributed by atoms with Gasteiger partial charge in [0.2, 0.25) is 0 Å². The molecule has 2 aromatic rings. The Morgan fingerprint density at radius 2 is 1.74 bits per heavy atom. The van der Waals surface area contributed by atoms with Gasteiger partial charge in [0.05, 0.1) is 12.1 Å². The van der Waals surface area contributed by atoms with E-state index in [4.69, 9.17) is 4.74 Å². The normalized spacial score (nSPS) is 18.8. The Morgan fingerprint density at radius 1 is 1.16 bits per heavy atom. The van der Waals surface area contributed by atoms with E-state index >= 15 is 0 Å². The molecular weight excluding hydrogens is 409 g/mol. The van der Waals surface area contributed by atoms with Crippen molar-refractivity contribution in [2.75, 3.05) is 6.61 Å². The molecule has 1 N–H and O–H groups in total. The van der Waals surface area contributed by atoms with Crippen LogP contribution in [0.25, 0.3) is 0 Å². The number of benzene rings is 2. The van der Waals surface area contributed by atoms with Crippen molar-refractivity contribution in [2.24, 2.45) is 5.10 Å². The van der Waals surface area contributed by atoms with Crippen molar-refractivity contribution in [1.82, 2.24) is 5.01 Å². The molecule has 3 rings (SSSR count). The fourth-order valence-electron chi connectivity index (χ4n) is 3.71. The molecular formula is C23H25F3N2O3. The monoisotopic (exact) mass is 434 g/mol. The molecule has 5 nitrogen and oxygen atoms in total. The Kier molecular flexibility index (Phi) is 6.14. The van der Waals surface area contributed by atoms with Crippen LogP contribution >= 0.6 is 0 Å². The van der Waals surface area contributed by atoms with Gasteiger partial charge in [0.25, 0.3) is 11.6 Å². The second-order valence-electron chi connectivity index (χ2n) is 7.81. The Bertz CT molecular complexity index is 993. The maximum atomic E-state index is 13.7. The fourth-order valence-corrected chi connectivity index (χ4v) is 3.71. The number of alkyl halides is 3. The number of aliphatic hydroxyl groups is 1. The number of amides is 1. The Morgan fingerprint density at radius 3 is 2.26 bits per heavy atom. The number of hydrogen-bond acceptors (Lipinski definition) is 4. The Balaban J connectivity index is 1.87. The van der Waals surface area contributed by atoms with E-state index in [-0.39, 0.29) is 10.7 Å². The molecule has 0 fully saturated rings. The number of halogens is 3. The van der Waals surface area contributed by atoms with Gasteiger partial charge in [-0.05, 0) is 49.4 Å². The summed E-state index contributed by atoms with van der Waals surface area (Å²) in [6, 6.07) is 10.5. The van der Waals surface area contributed by atoms with Gasteiger partial charge in [-0.3, -0.25) is 4.79 Å². The number of hydrogen-bond donors (Lipinski definition) is 1. The van der Waals surface area contributed by atoms with E-state index in [1.54, 1.807) is 38.1 Å². The lowest BCUT2D eigenvalue weighted by atomic mass is 9.99. The van der Waals surface area contributed by atoms with Gasteiger partial charge in [-0.2, -0.15) is 23.3 Å². The van der Waals surface area contributed by atoms with E-state index < -0.39 is 30.8 Å². The van der Waals surface area contributed by atoms with E-state index in [2.05, 4.69) is 5.10 Å². The summed E-state index contributed by atoms with van der Waals surface area (Å²) in [5.41, 5.74) is 0.515. The first-order valence-corrected chi connectivity index (χ1v) is 9.96. The molecule has 0 aromatic heterocycles. The van der Waals surface area contributed by atoms with Gasteiger partial charge in [0, 0.05) is 0 Å². The van der Waals surface area contributed by atoms with Gasteiger partial charge in [-0.15, -0.1) is 0 Å². The highest BCUT2D eigenvalue weighted by Crippen LogP contribution is 2.41. The largest absolute Gasteiger partial charge is 0.483 e. The molecule has 1 heterocycles. The van der Waals surface area contributed by atoms with Crippen LogP contribution in [0.4, 0.5) is 13.2 Å². The molecule has 166 valence electrons. The van der Waals surface area contributed by atoms with Crippen molar-refractivity contribution in [2.45, 2.75) is 52.4 Å². The highest BCUT2D eigenvalue weighted by molar-refractivity contribution is 6.03. The van der Waals surface area contributed by atoms with Gasteiger partial charge in [-0.1, -0.05) is 48.9 Å². The molecule has 0 saturated heterocycles. The third-order valence-corrected chi connectivity index (χ3v) is 5.32.